The van der Waals surface area contributed by atoms with E-state index in [0.29, 0.717) is 6.04 Å². The zero-order valence-corrected chi connectivity index (χ0v) is 16.3. The molecule has 1 N–H and O–H groups in total. The van der Waals surface area contributed by atoms with E-state index in [2.05, 4.69) is 29.6 Å². The van der Waals surface area contributed by atoms with Gasteiger partial charge in [-0.15, -0.1) is 12.4 Å². The number of fused-ring (bicyclic) bond motifs is 1. The molecule has 26 heavy (non-hydrogen) atoms. The zero-order chi connectivity index (χ0) is 16.9. The third kappa shape index (κ3) is 4.91. The lowest BCUT2D eigenvalue weighted by Gasteiger charge is -2.23. The Balaban J connectivity index is 0.00000196. The smallest absolute Gasteiger partial charge is 0.182 e. The Morgan fingerprint density at radius 3 is 2.58 bits per heavy atom. The molecule has 0 aliphatic carbocycles. The van der Waals surface area contributed by atoms with Crippen LogP contribution >= 0.6 is 23.7 Å². The highest BCUT2D eigenvalue weighted by molar-refractivity contribution is 7.20. The van der Waals surface area contributed by atoms with Gasteiger partial charge in [0.1, 0.15) is 11.5 Å². The summed E-state index contributed by atoms with van der Waals surface area (Å²) in [5, 5.41) is 5.69. The molecule has 0 radical (unpaired) electrons. The van der Waals surface area contributed by atoms with Gasteiger partial charge in [-0.25, -0.2) is 0 Å². The van der Waals surface area contributed by atoms with E-state index in [-0.39, 0.29) is 12.4 Å². The van der Waals surface area contributed by atoms with Crippen molar-refractivity contribution in [3.05, 3.63) is 54.6 Å². The van der Waals surface area contributed by atoms with Crippen LogP contribution in [0.4, 0.5) is 0 Å². The molecule has 4 rings (SSSR count). The van der Waals surface area contributed by atoms with Gasteiger partial charge in [0.2, 0.25) is 0 Å². The zero-order valence-electron chi connectivity index (χ0n) is 14.6. The minimum absolute atomic E-state index is 0. The molecule has 0 saturated carbocycles. The molecule has 1 aliphatic rings. The third-order valence-electron chi connectivity index (χ3n) is 4.59. The summed E-state index contributed by atoms with van der Waals surface area (Å²) in [6.07, 6.45) is 4.98. The Kier molecular flexibility index (Phi) is 6.78. The van der Waals surface area contributed by atoms with Crippen molar-refractivity contribution in [2.75, 3.05) is 13.2 Å². The standard InChI is InChI=1S/C21H23NO2S.ClH/c1-2-7-20-16(5-1)15-21(25-20)24-19-10-8-18(9-11-19)23-14-12-17-6-3-4-13-22-17;/h1-2,5,7-11,15,17,22H,3-4,6,12-14H2;1H. The molecule has 138 valence electrons. The molecular formula is C21H24ClNO2S. The minimum Gasteiger partial charge on any atom is -0.494 e. The largest absolute Gasteiger partial charge is 0.494 e. The summed E-state index contributed by atoms with van der Waals surface area (Å²) < 4.78 is 13.1. The van der Waals surface area contributed by atoms with Gasteiger partial charge in [-0.1, -0.05) is 36.0 Å². The summed E-state index contributed by atoms with van der Waals surface area (Å²) in [5.74, 6) is 1.74. The number of nitrogens with one attached hydrogen (secondary N) is 1. The fraction of sp³-hybridized carbons (Fsp3) is 0.333. The van der Waals surface area contributed by atoms with E-state index in [0.717, 1.165) is 36.1 Å². The van der Waals surface area contributed by atoms with Gasteiger partial charge in [0.05, 0.1) is 6.61 Å². The highest BCUT2D eigenvalue weighted by Gasteiger charge is 2.12. The van der Waals surface area contributed by atoms with E-state index in [9.17, 15) is 0 Å². The van der Waals surface area contributed by atoms with Crippen molar-refractivity contribution in [2.24, 2.45) is 0 Å². The van der Waals surface area contributed by atoms with Crippen LogP contribution in [0.2, 0.25) is 0 Å². The molecule has 0 spiro atoms. The normalized spacial score (nSPS) is 16.8. The van der Waals surface area contributed by atoms with Crippen molar-refractivity contribution >= 4 is 33.8 Å². The third-order valence-corrected chi connectivity index (χ3v) is 5.59. The van der Waals surface area contributed by atoms with Gasteiger partial charge >= 0.3 is 0 Å². The Bertz CT molecular complexity index is 779. The Morgan fingerprint density at radius 2 is 1.81 bits per heavy atom. The fourth-order valence-electron chi connectivity index (χ4n) is 3.22. The van der Waals surface area contributed by atoms with Gasteiger partial charge in [-0.2, -0.15) is 0 Å². The maximum Gasteiger partial charge on any atom is 0.182 e. The maximum absolute atomic E-state index is 5.97. The molecule has 1 fully saturated rings. The summed E-state index contributed by atoms with van der Waals surface area (Å²) in [6, 6.07) is 18.9. The highest BCUT2D eigenvalue weighted by atomic mass is 35.5. The predicted molar refractivity (Wildman–Crippen MR) is 111 cm³/mol. The molecule has 1 unspecified atom stereocenters. The fourth-order valence-corrected chi connectivity index (χ4v) is 4.15. The quantitative estimate of drug-likeness (QED) is 0.558. The van der Waals surface area contributed by atoms with Crippen molar-refractivity contribution < 1.29 is 9.47 Å². The van der Waals surface area contributed by atoms with Gasteiger partial charge in [0, 0.05) is 16.8 Å². The molecule has 0 bridgehead atoms. The molecule has 2 aromatic carbocycles. The Labute approximate surface area is 164 Å². The van der Waals surface area contributed by atoms with Crippen LogP contribution in [0.5, 0.6) is 16.6 Å². The topological polar surface area (TPSA) is 30.5 Å². The average molecular weight is 390 g/mol. The number of benzene rings is 2. The molecule has 1 atom stereocenters. The number of ether oxygens (including phenoxy) is 2. The van der Waals surface area contributed by atoms with Gasteiger partial charge in [-0.05, 0) is 61.5 Å². The van der Waals surface area contributed by atoms with Crippen LogP contribution in [-0.2, 0) is 0 Å². The first kappa shape index (κ1) is 19.0. The Hall–Kier alpha value is -1.75. The van der Waals surface area contributed by atoms with Gasteiger partial charge in [-0.3, -0.25) is 0 Å². The molecule has 1 aliphatic heterocycles. The molecule has 2 heterocycles. The van der Waals surface area contributed by atoms with E-state index in [1.54, 1.807) is 11.3 Å². The van der Waals surface area contributed by atoms with Crippen molar-refractivity contribution in [3.8, 4) is 16.6 Å². The lowest BCUT2D eigenvalue weighted by Crippen LogP contribution is -2.35. The number of thiophene rings is 1. The lowest BCUT2D eigenvalue weighted by atomic mass is 10.0. The Morgan fingerprint density at radius 1 is 1.00 bits per heavy atom. The number of rotatable bonds is 6. The molecule has 1 saturated heterocycles. The molecule has 5 heteroatoms. The van der Waals surface area contributed by atoms with Crippen molar-refractivity contribution in [2.45, 2.75) is 31.7 Å². The second-order valence-corrected chi connectivity index (χ2v) is 7.51. The first-order chi connectivity index (χ1) is 12.4. The van der Waals surface area contributed by atoms with Crippen molar-refractivity contribution in [1.29, 1.82) is 0 Å². The van der Waals surface area contributed by atoms with Crippen LogP contribution in [0.15, 0.2) is 54.6 Å². The van der Waals surface area contributed by atoms with E-state index in [1.165, 1.54) is 29.3 Å². The monoisotopic (exact) mass is 389 g/mol. The van der Waals surface area contributed by atoms with E-state index < -0.39 is 0 Å². The number of piperidine rings is 1. The highest BCUT2D eigenvalue weighted by Crippen LogP contribution is 2.34. The van der Waals surface area contributed by atoms with E-state index >= 15 is 0 Å². The van der Waals surface area contributed by atoms with Crippen molar-refractivity contribution in [1.82, 2.24) is 5.32 Å². The van der Waals surface area contributed by atoms with Gasteiger partial charge in [0.25, 0.3) is 0 Å². The summed E-state index contributed by atoms with van der Waals surface area (Å²) in [4.78, 5) is 0. The number of halogens is 1. The van der Waals surface area contributed by atoms with Crippen LogP contribution in [0.3, 0.4) is 0 Å². The maximum atomic E-state index is 5.97. The molecule has 0 amide bonds. The molecule has 3 aromatic rings. The molecule has 3 nitrogen and oxygen atoms in total. The van der Waals surface area contributed by atoms with Crippen LogP contribution in [0.1, 0.15) is 25.7 Å². The second kappa shape index (κ2) is 9.26. The number of hydrogen-bond donors (Lipinski definition) is 1. The SMILES string of the molecule is Cl.c1ccc2sc(Oc3ccc(OCCC4CCCCN4)cc3)cc2c1. The number of hydrogen-bond acceptors (Lipinski definition) is 4. The average Bonchev–Trinajstić information content (AvgIpc) is 3.06. The summed E-state index contributed by atoms with van der Waals surface area (Å²) >= 11 is 1.67. The van der Waals surface area contributed by atoms with Crippen LogP contribution in [0, 0.1) is 0 Å². The minimum atomic E-state index is 0. The summed E-state index contributed by atoms with van der Waals surface area (Å²) in [7, 11) is 0. The van der Waals surface area contributed by atoms with Gasteiger partial charge in [0.15, 0.2) is 5.06 Å². The van der Waals surface area contributed by atoms with E-state index in [1.807, 2.05) is 30.3 Å². The lowest BCUT2D eigenvalue weighted by molar-refractivity contribution is 0.268. The molecule has 1 aromatic heterocycles. The predicted octanol–water partition coefficient (Wildman–Crippen LogP) is 6.03. The molecular weight excluding hydrogens is 366 g/mol. The first-order valence-electron chi connectivity index (χ1n) is 8.99. The van der Waals surface area contributed by atoms with Gasteiger partial charge < -0.3 is 14.8 Å². The van der Waals surface area contributed by atoms with Crippen LogP contribution < -0.4 is 14.8 Å². The van der Waals surface area contributed by atoms with E-state index in [4.69, 9.17) is 9.47 Å². The van der Waals surface area contributed by atoms with Crippen molar-refractivity contribution in [3.63, 3.8) is 0 Å². The second-order valence-electron chi connectivity index (χ2n) is 6.46. The first-order valence-corrected chi connectivity index (χ1v) is 9.81. The summed E-state index contributed by atoms with van der Waals surface area (Å²) in [5.41, 5.74) is 0. The van der Waals surface area contributed by atoms with Crippen LogP contribution in [-0.4, -0.2) is 19.2 Å². The van der Waals surface area contributed by atoms with Crippen LogP contribution in [0.25, 0.3) is 10.1 Å². The summed E-state index contributed by atoms with van der Waals surface area (Å²) in [6.45, 7) is 1.91.